The maximum Gasteiger partial charge on any atom is 0.248 e. The fraction of sp³-hybridized carbons (Fsp3) is 0.222. The number of hydrogen-bond donors (Lipinski definition) is 2. The number of primary sulfonamides is 1. The van der Waals surface area contributed by atoms with Crippen molar-refractivity contribution in [3.63, 3.8) is 0 Å². The number of carbonyl (C=O) groups excluding carboxylic acids is 1. The average Bonchev–Trinajstić information content (AvgIpc) is 3.09. The fourth-order valence-electron chi connectivity index (χ4n) is 2.52. The molecule has 1 amide bonds. The third-order valence-corrected chi connectivity index (χ3v) is 4.93. The van der Waals surface area contributed by atoms with E-state index in [1.54, 1.807) is 6.07 Å². The zero-order valence-electron chi connectivity index (χ0n) is 15.4. The Hall–Kier alpha value is -3.11. The normalized spacial score (nSPS) is 11.6. The van der Waals surface area contributed by atoms with Crippen molar-refractivity contribution < 1.29 is 13.2 Å². The molecule has 0 aliphatic heterocycles. The quantitative estimate of drug-likeness (QED) is 0.648. The lowest BCUT2D eigenvalue weighted by molar-refractivity contribution is -0.117. The summed E-state index contributed by atoms with van der Waals surface area (Å²) in [5.74, 6) is 0.416. The molecular formula is C18H20N6O3S. The second kappa shape index (κ2) is 7.87. The van der Waals surface area contributed by atoms with Gasteiger partial charge in [-0.2, -0.15) is 4.80 Å². The summed E-state index contributed by atoms with van der Waals surface area (Å²) in [4.78, 5) is 13.3. The van der Waals surface area contributed by atoms with Gasteiger partial charge in [-0.3, -0.25) is 4.79 Å². The van der Waals surface area contributed by atoms with Gasteiger partial charge in [0.1, 0.15) is 6.54 Å². The molecule has 3 rings (SSSR count). The Morgan fingerprint density at radius 2 is 1.89 bits per heavy atom. The summed E-state index contributed by atoms with van der Waals surface area (Å²) in [7, 11) is -3.85. The summed E-state index contributed by atoms with van der Waals surface area (Å²) in [6, 6.07) is 13.5. The van der Waals surface area contributed by atoms with Gasteiger partial charge in [0.2, 0.25) is 21.8 Å². The lowest BCUT2D eigenvalue weighted by atomic mass is 10.0. The molecule has 0 saturated heterocycles. The number of anilines is 1. The van der Waals surface area contributed by atoms with Gasteiger partial charge >= 0.3 is 0 Å². The maximum absolute atomic E-state index is 12.2. The number of amides is 1. The molecule has 0 fully saturated rings. The number of carbonyl (C=O) groups is 1. The van der Waals surface area contributed by atoms with Crippen LogP contribution in [0.5, 0.6) is 0 Å². The molecule has 3 aromatic rings. The smallest absolute Gasteiger partial charge is 0.248 e. The molecule has 0 atom stereocenters. The minimum absolute atomic E-state index is 0.0867. The predicted octanol–water partition coefficient (Wildman–Crippen LogP) is 1.75. The topological polar surface area (TPSA) is 133 Å². The third-order valence-electron chi connectivity index (χ3n) is 4.02. The zero-order valence-corrected chi connectivity index (χ0v) is 16.2. The largest absolute Gasteiger partial charge is 0.324 e. The van der Waals surface area contributed by atoms with Crippen molar-refractivity contribution in [1.82, 2.24) is 20.2 Å². The van der Waals surface area contributed by atoms with Crippen LogP contribution in [0.1, 0.15) is 25.3 Å². The van der Waals surface area contributed by atoms with Gasteiger partial charge in [-0.05, 0) is 34.9 Å². The summed E-state index contributed by atoms with van der Waals surface area (Å²) in [5, 5.41) is 19.7. The molecule has 1 aromatic heterocycles. The number of nitrogens with zero attached hydrogens (tertiary/aromatic N) is 4. The Labute approximate surface area is 162 Å². The first kappa shape index (κ1) is 19.6. The van der Waals surface area contributed by atoms with Crippen LogP contribution in [0.15, 0.2) is 53.4 Å². The van der Waals surface area contributed by atoms with Crippen molar-refractivity contribution in [2.75, 3.05) is 5.32 Å². The van der Waals surface area contributed by atoms with E-state index in [9.17, 15) is 13.2 Å². The van der Waals surface area contributed by atoms with Crippen LogP contribution in [-0.2, 0) is 21.4 Å². The molecule has 0 saturated carbocycles. The molecule has 10 heteroatoms. The first-order valence-corrected chi connectivity index (χ1v) is 10.1. The van der Waals surface area contributed by atoms with Crippen LogP contribution in [0.25, 0.3) is 11.4 Å². The highest BCUT2D eigenvalue weighted by Gasteiger charge is 2.12. The number of hydrogen-bond acceptors (Lipinski definition) is 6. The number of nitrogens with one attached hydrogen (secondary N) is 1. The third kappa shape index (κ3) is 4.78. The van der Waals surface area contributed by atoms with E-state index in [1.807, 2.05) is 24.3 Å². The van der Waals surface area contributed by atoms with Crippen molar-refractivity contribution in [2.24, 2.45) is 5.14 Å². The Morgan fingerprint density at radius 3 is 2.54 bits per heavy atom. The first-order valence-electron chi connectivity index (χ1n) is 8.53. The van der Waals surface area contributed by atoms with Crippen molar-refractivity contribution in [3.8, 4) is 11.4 Å². The molecule has 0 bridgehead atoms. The number of benzene rings is 2. The van der Waals surface area contributed by atoms with Crippen LogP contribution in [-0.4, -0.2) is 34.5 Å². The Morgan fingerprint density at radius 1 is 1.18 bits per heavy atom. The van der Waals surface area contributed by atoms with Crippen LogP contribution in [0.4, 0.5) is 5.69 Å². The fourth-order valence-corrected chi connectivity index (χ4v) is 3.08. The highest BCUT2D eigenvalue weighted by atomic mass is 32.2. The van der Waals surface area contributed by atoms with Crippen molar-refractivity contribution in [1.29, 1.82) is 0 Å². The van der Waals surface area contributed by atoms with E-state index in [-0.39, 0.29) is 11.4 Å². The Balaban J connectivity index is 1.67. The standard InChI is InChI=1S/C18H20N6O3S/c1-12(2)13-6-8-14(9-7-13)18-21-23-24(22-18)11-17(25)20-15-4-3-5-16(10-15)28(19,26)27/h3-10,12H,11H2,1-2H3,(H,20,25)(H2,19,26,27). The molecule has 3 N–H and O–H groups in total. The molecular weight excluding hydrogens is 380 g/mol. The van der Waals surface area contributed by atoms with E-state index in [2.05, 4.69) is 34.6 Å². The van der Waals surface area contributed by atoms with Crippen LogP contribution >= 0.6 is 0 Å². The lowest BCUT2D eigenvalue weighted by Gasteiger charge is -2.06. The van der Waals surface area contributed by atoms with Gasteiger partial charge in [-0.25, -0.2) is 13.6 Å². The molecule has 0 radical (unpaired) electrons. The number of nitrogens with two attached hydrogens (primary N) is 1. The average molecular weight is 400 g/mol. The van der Waals surface area contributed by atoms with Gasteiger partial charge in [0.25, 0.3) is 0 Å². The number of sulfonamides is 1. The summed E-state index contributed by atoms with van der Waals surface area (Å²) in [6.07, 6.45) is 0. The van der Waals surface area contributed by atoms with E-state index in [0.29, 0.717) is 17.4 Å². The highest BCUT2D eigenvalue weighted by Crippen LogP contribution is 2.19. The van der Waals surface area contributed by atoms with Crippen molar-refractivity contribution in [2.45, 2.75) is 31.2 Å². The van der Waals surface area contributed by atoms with Gasteiger partial charge < -0.3 is 5.32 Å². The Kier molecular flexibility index (Phi) is 5.52. The van der Waals surface area contributed by atoms with Gasteiger partial charge in [-0.15, -0.1) is 10.2 Å². The van der Waals surface area contributed by atoms with Crippen LogP contribution in [0.3, 0.4) is 0 Å². The molecule has 0 aliphatic carbocycles. The van der Waals surface area contributed by atoms with E-state index < -0.39 is 15.9 Å². The van der Waals surface area contributed by atoms with Gasteiger partial charge in [-0.1, -0.05) is 44.2 Å². The molecule has 28 heavy (non-hydrogen) atoms. The number of rotatable bonds is 6. The summed E-state index contributed by atoms with van der Waals surface area (Å²) < 4.78 is 22.8. The first-order chi connectivity index (χ1) is 13.2. The van der Waals surface area contributed by atoms with E-state index in [4.69, 9.17) is 5.14 Å². The molecule has 9 nitrogen and oxygen atoms in total. The molecule has 0 unspecified atom stereocenters. The van der Waals surface area contributed by atoms with Crippen molar-refractivity contribution in [3.05, 3.63) is 54.1 Å². The SMILES string of the molecule is CC(C)c1ccc(-c2nnn(CC(=O)Nc3cccc(S(N)(=O)=O)c3)n2)cc1. The predicted molar refractivity (Wildman–Crippen MR) is 104 cm³/mol. The van der Waals surface area contributed by atoms with Crippen LogP contribution in [0.2, 0.25) is 0 Å². The summed E-state index contributed by atoms with van der Waals surface area (Å²) >= 11 is 0. The molecule has 2 aromatic carbocycles. The van der Waals surface area contributed by atoms with E-state index in [1.165, 1.54) is 28.6 Å². The second-order valence-electron chi connectivity index (χ2n) is 6.54. The Bertz CT molecular complexity index is 1090. The van der Waals surface area contributed by atoms with E-state index in [0.717, 1.165) is 5.56 Å². The van der Waals surface area contributed by atoms with Crippen LogP contribution < -0.4 is 10.5 Å². The van der Waals surface area contributed by atoms with Gasteiger partial charge in [0.05, 0.1) is 4.90 Å². The minimum atomic E-state index is -3.85. The van der Waals surface area contributed by atoms with Crippen molar-refractivity contribution >= 4 is 21.6 Å². The molecule has 0 spiro atoms. The van der Waals surface area contributed by atoms with Gasteiger partial charge in [0.15, 0.2) is 0 Å². The monoisotopic (exact) mass is 400 g/mol. The zero-order chi connectivity index (χ0) is 20.3. The second-order valence-corrected chi connectivity index (χ2v) is 8.10. The van der Waals surface area contributed by atoms with E-state index >= 15 is 0 Å². The maximum atomic E-state index is 12.2. The van der Waals surface area contributed by atoms with Gasteiger partial charge in [0, 0.05) is 11.3 Å². The lowest BCUT2D eigenvalue weighted by Crippen LogP contribution is -2.21. The minimum Gasteiger partial charge on any atom is -0.324 e. The highest BCUT2D eigenvalue weighted by molar-refractivity contribution is 7.89. The van der Waals surface area contributed by atoms with Crippen LogP contribution in [0, 0.1) is 0 Å². The summed E-state index contributed by atoms with van der Waals surface area (Å²) in [6.45, 7) is 4.05. The number of aromatic nitrogens is 4. The number of tetrazole rings is 1. The summed E-state index contributed by atoms with van der Waals surface area (Å²) in [5.41, 5.74) is 2.32. The molecule has 1 heterocycles. The molecule has 0 aliphatic rings. The molecule has 146 valence electrons.